The third-order valence-electron chi connectivity index (χ3n) is 3.95. The summed E-state index contributed by atoms with van der Waals surface area (Å²) in [4.78, 5) is 16.1. The Labute approximate surface area is 142 Å². The molecule has 3 heteroatoms. The van der Waals surface area contributed by atoms with Crippen molar-refractivity contribution in [2.75, 3.05) is 13.1 Å². The molecule has 2 aromatic rings. The molecule has 1 heterocycles. The highest BCUT2D eigenvalue weighted by molar-refractivity contribution is 8.03. The summed E-state index contributed by atoms with van der Waals surface area (Å²) in [6, 6.07) is 19.8. The van der Waals surface area contributed by atoms with Gasteiger partial charge in [-0.15, -0.1) is 0 Å². The number of hydrogen-bond donors (Lipinski definition) is 0. The molecule has 0 atom stereocenters. The van der Waals surface area contributed by atoms with Gasteiger partial charge in [0.2, 0.25) is 0 Å². The highest BCUT2D eigenvalue weighted by Crippen LogP contribution is 2.31. The van der Waals surface area contributed by atoms with Gasteiger partial charge < -0.3 is 4.90 Å². The Morgan fingerprint density at radius 3 is 2.13 bits per heavy atom. The average molecular weight is 323 g/mol. The number of benzene rings is 2. The van der Waals surface area contributed by atoms with Crippen LogP contribution in [0.15, 0.2) is 76.7 Å². The van der Waals surface area contributed by atoms with Crippen molar-refractivity contribution in [2.24, 2.45) is 0 Å². The second kappa shape index (κ2) is 8.02. The molecular formula is C20H21NOS. The van der Waals surface area contributed by atoms with E-state index in [0.29, 0.717) is 0 Å². The minimum absolute atomic E-state index is 0.0783. The van der Waals surface area contributed by atoms with Crippen LogP contribution in [0.3, 0.4) is 0 Å². The van der Waals surface area contributed by atoms with Crippen LogP contribution in [0, 0.1) is 0 Å². The first-order chi connectivity index (χ1) is 11.3. The molecule has 1 saturated heterocycles. The number of nitrogens with zero attached hydrogens (tertiary/aromatic N) is 1. The molecule has 118 valence electrons. The number of thioether (sulfide) groups is 1. The fourth-order valence-electron chi connectivity index (χ4n) is 2.71. The molecule has 1 aliphatic rings. The molecule has 0 unspecified atom stereocenters. The van der Waals surface area contributed by atoms with E-state index in [-0.39, 0.29) is 5.78 Å². The predicted octanol–water partition coefficient (Wildman–Crippen LogP) is 4.99. The van der Waals surface area contributed by atoms with Crippen molar-refractivity contribution in [3.63, 3.8) is 0 Å². The fraction of sp³-hybridized carbons (Fsp3) is 0.250. The Bertz CT molecular complexity index is 661. The van der Waals surface area contributed by atoms with E-state index < -0.39 is 0 Å². The van der Waals surface area contributed by atoms with Crippen LogP contribution >= 0.6 is 11.8 Å². The van der Waals surface area contributed by atoms with Gasteiger partial charge >= 0.3 is 0 Å². The molecule has 2 nitrogen and oxygen atoms in total. The first-order valence-corrected chi connectivity index (χ1v) is 8.93. The van der Waals surface area contributed by atoms with Gasteiger partial charge in [-0.1, -0.05) is 60.3 Å². The fourth-order valence-corrected chi connectivity index (χ4v) is 3.72. The zero-order valence-electron chi connectivity index (χ0n) is 13.2. The second-order valence-corrected chi connectivity index (χ2v) is 6.77. The summed E-state index contributed by atoms with van der Waals surface area (Å²) < 4.78 is 0. The van der Waals surface area contributed by atoms with E-state index in [4.69, 9.17) is 0 Å². The van der Waals surface area contributed by atoms with Crippen LogP contribution in [0.25, 0.3) is 0 Å². The van der Waals surface area contributed by atoms with Crippen LogP contribution in [0.4, 0.5) is 0 Å². The lowest BCUT2D eigenvalue weighted by atomic mass is 10.1. The predicted molar refractivity (Wildman–Crippen MR) is 96.6 cm³/mol. The number of likely N-dealkylation sites (tertiary alicyclic amines) is 1. The van der Waals surface area contributed by atoms with Crippen molar-refractivity contribution in [1.29, 1.82) is 0 Å². The molecule has 3 rings (SSSR count). The first-order valence-electron chi connectivity index (χ1n) is 8.12. The maximum absolute atomic E-state index is 12.6. The molecule has 1 fully saturated rings. The highest BCUT2D eigenvalue weighted by atomic mass is 32.2. The smallest absolute Gasteiger partial charge is 0.188 e. The summed E-state index contributed by atoms with van der Waals surface area (Å²) in [5, 5.41) is 1.06. The molecule has 0 aromatic heterocycles. The van der Waals surface area contributed by atoms with Crippen molar-refractivity contribution in [3.05, 3.63) is 77.3 Å². The lowest BCUT2D eigenvalue weighted by molar-refractivity contribution is 0.104. The van der Waals surface area contributed by atoms with Crippen LogP contribution in [-0.2, 0) is 0 Å². The number of allylic oxidation sites excluding steroid dienone is 1. The van der Waals surface area contributed by atoms with Gasteiger partial charge in [-0.2, -0.15) is 0 Å². The zero-order valence-corrected chi connectivity index (χ0v) is 14.0. The second-order valence-electron chi connectivity index (χ2n) is 5.68. The maximum Gasteiger partial charge on any atom is 0.188 e. The van der Waals surface area contributed by atoms with Crippen molar-refractivity contribution in [3.8, 4) is 0 Å². The molecule has 0 radical (unpaired) electrons. The Hall–Kier alpha value is -2.00. The quantitative estimate of drug-likeness (QED) is 0.439. The van der Waals surface area contributed by atoms with E-state index in [1.165, 1.54) is 24.2 Å². The Morgan fingerprint density at radius 2 is 1.48 bits per heavy atom. The van der Waals surface area contributed by atoms with Crippen LogP contribution in [0.2, 0.25) is 0 Å². The lowest BCUT2D eigenvalue weighted by Gasteiger charge is -2.30. The number of piperidine rings is 1. The van der Waals surface area contributed by atoms with E-state index in [1.807, 2.05) is 48.5 Å². The van der Waals surface area contributed by atoms with Crippen LogP contribution in [0.1, 0.15) is 29.6 Å². The van der Waals surface area contributed by atoms with Crippen molar-refractivity contribution in [1.82, 2.24) is 4.90 Å². The van der Waals surface area contributed by atoms with Gasteiger partial charge in [0, 0.05) is 29.6 Å². The Balaban J connectivity index is 1.84. The third kappa shape index (κ3) is 4.49. The first kappa shape index (κ1) is 15.9. The average Bonchev–Trinajstić information content (AvgIpc) is 2.63. The van der Waals surface area contributed by atoms with E-state index in [0.717, 1.165) is 23.7 Å². The summed E-state index contributed by atoms with van der Waals surface area (Å²) >= 11 is 1.68. The summed E-state index contributed by atoms with van der Waals surface area (Å²) in [7, 11) is 0. The minimum Gasteiger partial charge on any atom is -0.366 e. The van der Waals surface area contributed by atoms with Crippen LogP contribution in [0.5, 0.6) is 0 Å². The number of ketones is 1. The molecule has 0 saturated carbocycles. The molecular weight excluding hydrogens is 302 g/mol. The summed E-state index contributed by atoms with van der Waals surface area (Å²) in [6.07, 6.45) is 5.49. The third-order valence-corrected chi connectivity index (χ3v) is 5.04. The summed E-state index contributed by atoms with van der Waals surface area (Å²) in [5.41, 5.74) is 0.746. The lowest BCUT2D eigenvalue weighted by Crippen LogP contribution is -2.28. The monoisotopic (exact) mass is 323 g/mol. The van der Waals surface area contributed by atoms with E-state index in [2.05, 4.69) is 17.0 Å². The van der Waals surface area contributed by atoms with Crippen LogP contribution < -0.4 is 0 Å². The molecule has 1 aliphatic heterocycles. The molecule has 23 heavy (non-hydrogen) atoms. The van der Waals surface area contributed by atoms with Gasteiger partial charge in [-0.3, -0.25) is 4.79 Å². The standard InChI is InChI=1S/C20H21NOS/c22-19(17-10-4-1-5-11-17)16-20(21-14-8-3-9-15-21)23-18-12-6-2-7-13-18/h1-2,4-7,10-13,16H,3,8-9,14-15H2/b20-16+. The van der Waals surface area contributed by atoms with Gasteiger partial charge in [-0.25, -0.2) is 0 Å². The van der Waals surface area contributed by atoms with Crippen molar-refractivity contribution >= 4 is 17.5 Å². The summed E-state index contributed by atoms with van der Waals surface area (Å²) in [5.74, 6) is 0.0783. The number of rotatable bonds is 5. The SMILES string of the molecule is O=C(/C=C(/Sc1ccccc1)N1CCCCC1)c1ccccc1. The molecule has 0 amide bonds. The van der Waals surface area contributed by atoms with E-state index in [9.17, 15) is 4.79 Å². The highest BCUT2D eigenvalue weighted by Gasteiger charge is 2.16. The number of carbonyl (C=O) groups excluding carboxylic acids is 1. The minimum atomic E-state index is 0.0783. The summed E-state index contributed by atoms with van der Waals surface area (Å²) in [6.45, 7) is 2.07. The van der Waals surface area contributed by atoms with Gasteiger partial charge in [-0.05, 0) is 31.4 Å². The number of hydrogen-bond acceptors (Lipinski definition) is 3. The largest absolute Gasteiger partial charge is 0.366 e. The van der Waals surface area contributed by atoms with Gasteiger partial charge in [0.1, 0.15) is 0 Å². The molecule has 2 aromatic carbocycles. The molecule has 0 aliphatic carbocycles. The van der Waals surface area contributed by atoms with E-state index >= 15 is 0 Å². The normalized spacial score (nSPS) is 15.5. The molecule has 0 bridgehead atoms. The topological polar surface area (TPSA) is 20.3 Å². The molecule has 0 N–H and O–H groups in total. The van der Waals surface area contributed by atoms with E-state index in [1.54, 1.807) is 17.8 Å². The van der Waals surface area contributed by atoms with Gasteiger partial charge in [0.15, 0.2) is 5.78 Å². The molecule has 0 spiro atoms. The number of carbonyl (C=O) groups is 1. The van der Waals surface area contributed by atoms with Crippen molar-refractivity contribution < 1.29 is 4.79 Å². The van der Waals surface area contributed by atoms with Crippen LogP contribution in [-0.4, -0.2) is 23.8 Å². The Morgan fingerprint density at radius 1 is 0.870 bits per heavy atom. The Kier molecular flexibility index (Phi) is 5.54. The van der Waals surface area contributed by atoms with Gasteiger partial charge in [0.05, 0.1) is 5.03 Å². The maximum atomic E-state index is 12.6. The zero-order chi connectivity index (χ0) is 15.9. The van der Waals surface area contributed by atoms with Crippen molar-refractivity contribution in [2.45, 2.75) is 24.2 Å². The van der Waals surface area contributed by atoms with Gasteiger partial charge in [0.25, 0.3) is 0 Å².